The van der Waals surface area contributed by atoms with Gasteiger partial charge in [-0.25, -0.2) is 0 Å². The van der Waals surface area contributed by atoms with Crippen LogP contribution in [0.5, 0.6) is 0 Å². The summed E-state index contributed by atoms with van der Waals surface area (Å²) in [6.07, 6.45) is 1.32. The van der Waals surface area contributed by atoms with Gasteiger partial charge in [0, 0.05) is 25.7 Å². The van der Waals surface area contributed by atoms with Crippen LogP contribution in [-0.4, -0.2) is 50.3 Å². The highest BCUT2D eigenvalue weighted by atomic mass is 35.5. The van der Waals surface area contributed by atoms with Crippen molar-refractivity contribution in [3.63, 3.8) is 0 Å². The maximum absolute atomic E-state index is 5.30. The van der Waals surface area contributed by atoms with Gasteiger partial charge in [0.1, 0.15) is 0 Å². The van der Waals surface area contributed by atoms with Crippen LogP contribution in [0.15, 0.2) is 0 Å². The van der Waals surface area contributed by atoms with E-state index < -0.39 is 0 Å². The molecule has 0 radical (unpaired) electrons. The summed E-state index contributed by atoms with van der Waals surface area (Å²) in [5.41, 5.74) is 0. The molecule has 2 aliphatic rings. The van der Waals surface area contributed by atoms with Gasteiger partial charge in [-0.3, -0.25) is 4.90 Å². The zero-order valence-corrected chi connectivity index (χ0v) is 9.33. The maximum Gasteiger partial charge on any atom is 0.0594 e. The summed E-state index contributed by atoms with van der Waals surface area (Å²) in [5, 5.41) is 3.39. The Morgan fingerprint density at radius 3 is 2.38 bits per heavy atom. The molecular formula is C8H18Cl2N2O. The van der Waals surface area contributed by atoms with E-state index >= 15 is 0 Å². The van der Waals surface area contributed by atoms with Crippen molar-refractivity contribution in [1.29, 1.82) is 0 Å². The molecule has 0 aliphatic carbocycles. The highest BCUT2D eigenvalue weighted by Crippen LogP contribution is 2.09. The van der Waals surface area contributed by atoms with Gasteiger partial charge in [0.25, 0.3) is 0 Å². The van der Waals surface area contributed by atoms with Crippen molar-refractivity contribution in [3.05, 3.63) is 0 Å². The third-order valence-electron chi connectivity index (χ3n) is 2.60. The summed E-state index contributed by atoms with van der Waals surface area (Å²) in [6, 6.07) is 0.791. The van der Waals surface area contributed by atoms with Crippen LogP contribution in [0.2, 0.25) is 0 Å². The van der Waals surface area contributed by atoms with Gasteiger partial charge in [-0.2, -0.15) is 0 Å². The smallest absolute Gasteiger partial charge is 0.0594 e. The van der Waals surface area contributed by atoms with E-state index in [9.17, 15) is 0 Å². The first-order valence-electron chi connectivity index (χ1n) is 4.49. The summed E-state index contributed by atoms with van der Waals surface area (Å²) in [5.74, 6) is 0. The first-order chi connectivity index (χ1) is 5.47. The molecule has 1 unspecified atom stereocenters. The molecule has 0 saturated carbocycles. The Kier molecular flexibility index (Phi) is 7.09. The largest absolute Gasteiger partial charge is 0.379 e. The van der Waals surface area contributed by atoms with Crippen molar-refractivity contribution in [3.8, 4) is 0 Å². The predicted molar refractivity (Wildman–Crippen MR) is 58.2 cm³/mol. The van der Waals surface area contributed by atoms with Crippen LogP contribution < -0.4 is 5.32 Å². The van der Waals surface area contributed by atoms with Crippen molar-refractivity contribution in [2.45, 2.75) is 12.5 Å². The second kappa shape index (κ2) is 6.85. The molecule has 2 heterocycles. The molecule has 0 bridgehead atoms. The molecular weight excluding hydrogens is 211 g/mol. The second-order valence-electron chi connectivity index (χ2n) is 3.29. The lowest BCUT2D eigenvalue weighted by atomic mass is 10.2. The Labute approximate surface area is 92.0 Å². The number of nitrogens with zero attached hydrogens (tertiary/aromatic N) is 1. The van der Waals surface area contributed by atoms with Crippen molar-refractivity contribution in [2.75, 3.05) is 39.4 Å². The minimum absolute atomic E-state index is 0. The molecule has 2 aliphatic heterocycles. The average Bonchev–Trinajstić information content (AvgIpc) is 2.58. The van der Waals surface area contributed by atoms with Crippen molar-refractivity contribution < 1.29 is 4.74 Å². The van der Waals surface area contributed by atoms with Crippen LogP contribution in [0.1, 0.15) is 6.42 Å². The number of ether oxygens (including phenoxy) is 1. The standard InChI is InChI=1S/C8H16N2O.2ClH/c1-2-9-7-8(1)10-3-5-11-6-4-10;;/h8-9H,1-7H2;2*1H. The summed E-state index contributed by atoms with van der Waals surface area (Å²) in [4.78, 5) is 2.55. The molecule has 0 amide bonds. The number of morpholine rings is 1. The Morgan fingerprint density at radius 1 is 1.15 bits per heavy atom. The fourth-order valence-corrected chi connectivity index (χ4v) is 1.89. The fourth-order valence-electron chi connectivity index (χ4n) is 1.89. The van der Waals surface area contributed by atoms with E-state index in [1.54, 1.807) is 0 Å². The number of hydrogen-bond donors (Lipinski definition) is 1. The number of hydrogen-bond acceptors (Lipinski definition) is 3. The van der Waals surface area contributed by atoms with Gasteiger partial charge in [-0.1, -0.05) is 0 Å². The molecule has 0 aromatic heterocycles. The molecule has 1 atom stereocenters. The predicted octanol–water partition coefficient (Wildman–Crippen LogP) is 0.524. The van der Waals surface area contributed by atoms with Crippen LogP contribution in [0, 0.1) is 0 Å². The minimum Gasteiger partial charge on any atom is -0.379 e. The minimum atomic E-state index is 0. The van der Waals surface area contributed by atoms with Crippen LogP contribution in [0.3, 0.4) is 0 Å². The van der Waals surface area contributed by atoms with Crippen molar-refractivity contribution >= 4 is 24.8 Å². The SMILES string of the molecule is C1CC(N2CCOCC2)CN1.Cl.Cl. The van der Waals surface area contributed by atoms with E-state index in [1.807, 2.05) is 0 Å². The molecule has 2 fully saturated rings. The highest BCUT2D eigenvalue weighted by molar-refractivity contribution is 5.85. The average molecular weight is 229 g/mol. The normalized spacial score (nSPS) is 29.1. The van der Waals surface area contributed by atoms with E-state index in [2.05, 4.69) is 10.2 Å². The van der Waals surface area contributed by atoms with E-state index in [1.165, 1.54) is 19.5 Å². The lowest BCUT2D eigenvalue weighted by molar-refractivity contribution is 0.0206. The van der Waals surface area contributed by atoms with E-state index in [0.29, 0.717) is 0 Å². The first kappa shape index (κ1) is 13.5. The van der Waals surface area contributed by atoms with Gasteiger partial charge >= 0.3 is 0 Å². The quantitative estimate of drug-likeness (QED) is 0.709. The highest BCUT2D eigenvalue weighted by Gasteiger charge is 2.23. The molecule has 0 aromatic carbocycles. The third kappa shape index (κ3) is 3.60. The van der Waals surface area contributed by atoms with E-state index in [-0.39, 0.29) is 24.8 Å². The van der Waals surface area contributed by atoms with E-state index in [4.69, 9.17) is 4.74 Å². The Bertz CT molecular complexity index is 125. The van der Waals surface area contributed by atoms with Crippen LogP contribution in [-0.2, 0) is 4.74 Å². The Morgan fingerprint density at radius 2 is 1.85 bits per heavy atom. The van der Waals surface area contributed by atoms with Gasteiger partial charge in [-0.15, -0.1) is 24.8 Å². The van der Waals surface area contributed by atoms with Gasteiger partial charge in [0.05, 0.1) is 13.2 Å². The third-order valence-corrected chi connectivity index (χ3v) is 2.60. The fraction of sp³-hybridized carbons (Fsp3) is 1.00. The molecule has 80 valence electrons. The van der Waals surface area contributed by atoms with Crippen LogP contribution in [0.4, 0.5) is 0 Å². The summed E-state index contributed by atoms with van der Waals surface area (Å²) < 4.78 is 5.30. The molecule has 2 saturated heterocycles. The molecule has 0 aromatic rings. The molecule has 13 heavy (non-hydrogen) atoms. The van der Waals surface area contributed by atoms with E-state index in [0.717, 1.165) is 32.3 Å². The summed E-state index contributed by atoms with van der Waals surface area (Å²) in [7, 11) is 0. The summed E-state index contributed by atoms with van der Waals surface area (Å²) >= 11 is 0. The Hall–Kier alpha value is 0.460. The zero-order valence-electron chi connectivity index (χ0n) is 7.70. The van der Waals surface area contributed by atoms with Gasteiger partial charge in [0.2, 0.25) is 0 Å². The number of rotatable bonds is 1. The molecule has 0 spiro atoms. The molecule has 3 nitrogen and oxygen atoms in total. The second-order valence-corrected chi connectivity index (χ2v) is 3.29. The molecule has 2 rings (SSSR count). The maximum atomic E-state index is 5.30. The van der Waals surface area contributed by atoms with Crippen LogP contribution >= 0.6 is 24.8 Å². The number of halogens is 2. The topological polar surface area (TPSA) is 24.5 Å². The Balaban J connectivity index is 0.000000720. The van der Waals surface area contributed by atoms with Crippen LogP contribution in [0.25, 0.3) is 0 Å². The lowest BCUT2D eigenvalue weighted by Gasteiger charge is -2.31. The number of nitrogens with one attached hydrogen (secondary N) is 1. The van der Waals surface area contributed by atoms with Gasteiger partial charge in [-0.05, 0) is 13.0 Å². The molecule has 1 N–H and O–H groups in total. The monoisotopic (exact) mass is 228 g/mol. The zero-order chi connectivity index (χ0) is 7.52. The van der Waals surface area contributed by atoms with Crippen molar-refractivity contribution in [1.82, 2.24) is 10.2 Å². The van der Waals surface area contributed by atoms with Gasteiger partial charge in [0.15, 0.2) is 0 Å². The van der Waals surface area contributed by atoms with Gasteiger partial charge < -0.3 is 10.1 Å². The van der Waals surface area contributed by atoms with Crippen molar-refractivity contribution in [2.24, 2.45) is 0 Å². The molecule has 5 heteroatoms. The summed E-state index contributed by atoms with van der Waals surface area (Å²) in [6.45, 7) is 6.49. The first-order valence-corrected chi connectivity index (χ1v) is 4.49. The lowest BCUT2D eigenvalue weighted by Crippen LogP contribution is -2.44.